The number of nitrogens with one attached hydrogen (secondary N) is 1. The van der Waals surface area contributed by atoms with E-state index in [-0.39, 0.29) is 11.7 Å². The zero-order valence-corrected chi connectivity index (χ0v) is 12.8. The topological polar surface area (TPSA) is 32.3 Å². The quantitative estimate of drug-likeness (QED) is 0.926. The van der Waals surface area contributed by atoms with Crippen LogP contribution in [0.3, 0.4) is 0 Å². The van der Waals surface area contributed by atoms with E-state index in [1.165, 1.54) is 30.6 Å². The van der Waals surface area contributed by atoms with Crippen molar-refractivity contribution in [2.75, 3.05) is 6.54 Å². The summed E-state index contributed by atoms with van der Waals surface area (Å²) in [6, 6.07) is 4.24. The molecule has 1 unspecified atom stereocenters. The molecular formula is C16H22N2OS. The molecule has 3 nitrogen and oxygen atoms in total. The van der Waals surface area contributed by atoms with Crippen LogP contribution < -0.4 is 5.32 Å². The van der Waals surface area contributed by atoms with Crippen molar-refractivity contribution in [1.82, 2.24) is 10.2 Å². The van der Waals surface area contributed by atoms with Crippen LogP contribution in [-0.4, -0.2) is 22.9 Å². The maximum atomic E-state index is 12.8. The van der Waals surface area contributed by atoms with Gasteiger partial charge in [0.25, 0.3) is 0 Å². The maximum Gasteiger partial charge on any atom is 0.244 e. The van der Waals surface area contributed by atoms with Crippen LogP contribution in [0, 0.1) is 5.41 Å². The van der Waals surface area contributed by atoms with E-state index in [9.17, 15) is 4.79 Å². The van der Waals surface area contributed by atoms with E-state index >= 15 is 0 Å². The first-order valence-electron chi connectivity index (χ1n) is 7.74. The zero-order chi connectivity index (χ0) is 13.8. The number of nitrogens with zero attached hydrogens (tertiary/aromatic N) is 1. The standard InChI is InChI=1S/C16H22N2OS/c1-15(6-2-3-7-15)11-18-13(12-5-4-10-20-12)17-16(8-9-16)14(18)19/h4-5,10,13,17H,2-3,6-9,11H2,1H3. The Morgan fingerprint density at radius 1 is 1.35 bits per heavy atom. The van der Waals surface area contributed by atoms with Crippen molar-refractivity contribution in [3.05, 3.63) is 22.4 Å². The smallest absolute Gasteiger partial charge is 0.244 e. The lowest BCUT2D eigenvalue weighted by Gasteiger charge is -2.33. The van der Waals surface area contributed by atoms with Gasteiger partial charge in [0.05, 0.1) is 0 Å². The summed E-state index contributed by atoms with van der Waals surface area (Å²) < 4.78 is 0. The Morgan fingerprint density at radius 2 is 2.10 bits per heavy atom. The molecule has 0 bridgehead atoms. The van der Waals surface area contributed by atoms with E-state index in [1.54, 1.807) is 11.3 Å². The summed E-state index contributed by atoms with van der Waals surface area (Å²) in [7, 11) is 0. The van der Waals surface area contributed by atoms with Gasteiger partial charge in [-0.3, -0.25) is 10.1 Å². The van der Waals surface area contributed by atoms with E-state index in [2.05, 4.69) is 34.7 Å². The summed E-state index contributed by atoms with van der Waals surface area (Å²) in [5.41, 5.74) is 0.122. The number of amides is 1. The van der Waals surface area contributed by atoms with Gasteiger partial charge < -0.3 is 4.90 Å². The van der Waals surface area contributed by atoms with Gasteiger partial charge in [-0.1, -0.05) is 25.8 Å². The fourth-order valence-corrected chi connectivity index (χ4v) is 4.70. The Morgan fingerprint density at radius 3 is 2.70 bits per heavy atom. The predicted molar refractivity (Wildman–Crippen MR) is 80.4 cm³/mol. The van der Waals surface area contributed by atoms with E-state index in [0.717, 1.165) is 19.4 Å². The summed E-state index contributed by atoms with van der Waals surface area (Å²) >= 11 is 1.75. The number of hydrogen-bond acceptors (Lipinski definition) is 3. The molecule has 1 aromatic heterocycles. The zero-order valence-electron chi connectivity index (χ0n) is 12.0. The highest BCUT2D eigenvalue weighted by Crippen LogP contribution is 2.49. The summed E-state index contributed by atoms with van der Waals surface area (Å²) in [6.07, 6.45) is 7.31. The second-order valence-electron chi connectivity index (χ2n) is 7.10. The Labute approximate surface area is 124 Å². The maximum absolute atomic E-state index is 12.8. The van der Waals surface area contributed by atoms with Gasteiger partial charge in [-0.2, -0.15) is 0 Å². The van der Waals surface area contributed by atoms with Crippen LogP contribution >= 0.6 is 11.3 Å². The minimum atomic E-state index is -0.205. The Balaban J connectivity index is 1.62. The van der Waals surface area contributed by atoms with Crippen molar-refractivity contribution in [1.29, 1.82) is 0 Å². The molecule has 4 heteroatoms. The number of rotatable bonds is 3. The van der Waals surface area contributed by atoms with Gasteiger partial charge in [-0.05, 0) is 42.5 Å². The average molecular weight is 290 g/mol. The molecular weight excluding hydrogens is 268 g/mol. The fourth-order valence-electron chi connectivity index (χ4n) is 3.91. The Bertz CT molecular complexity index is 515. The third kappa shape index (κ3) is 1.92. The van der Waals surface area contributed by atoms with Gasteiger partial charge in [-0.25, -0.2) is 0 Å². The average Bonchev–Trinajstić information content (AvgIpc) is 2.82. The van der Waals surface area contributed by atoms with Crippen molar-refractivity contribution in [3.8, 4) is 0 Å². The van der Waals surface area contributed by atoms with Crippen LogP contribution in [0.2, 0.25) is 0 Å². The lowest BCUT2D eigenvalue weighted by molar-refractivity contribution is -0.132. The number of carbonyl (C=O) groups is 1. The first kappa shape index (κ1) is 12.8. The van der Waals surface area contributed by atoms with E-state index < -0.39 is 0 Å². The van der Waals surface area contributed by atoms with Gasteiger partial charge in [-0.15, -0.1) is 11.3 Å². The normalized spacial score (nSPS) is 30.4. The molecule has 1 spiro atoms. The second-order valence-corrected chi connectivity index (χ2v) is 8.07. The number of thiophene rings is 1. The number of hydrogen-bond donors (Lipinski definition) is 1. The summed E-state index contributed by atoms with van der Waals surface area (Å²) in [5, 5.41) is 5.73. The molecule has 1 aromatic rings. The van der Waals surface area contributed by atoms with E-state index in [4.69, 9.17) is 0 Å². The predicted octanol–water partition coefficient (Wildman–Crippen LogP) is 3.29. The minimum absolute atomic E-state index is 0.113. The molecule has 2 heterocycles. The summed E-state index contributed by atoms with van der Waals surface area (Å²) in [5.74, 6) is 0.351. The van der Waals surface area contributed by atoms with Gasteiger partial charge in [0.1, 0.15) is 11.7 Å². The van der Waals surface area contributed by atoms with Crippen LogP contribution in [-0.2, 0) is 4.79 Å². The molecule has 1 saturated heterocycles. The first-order chi connectivity index (χ1) is 9.62. The minimum Gasteiger partial charge on any atom is -0.320 e. The third-order valence-electron chi connectivity index (χ3n) is 5.32. The molecule has 2 saturated carbocycles. The molecule has 0 radical (unpaired) electrons. The summed E-state index contributed by atoms with van der Waals surface area (Å²) in [6.45, 7) is 3.28. The van der Waals surface area contributed by atoms with E-state index in [0.29, 0.717) is 11.3 Å². The van der Waals surface area contributed by atoms with Gasteiger partial charge >= 0.3 is 0 Å². The van der Waals surface area contributed by atoms with Crippen molar-refractivity contribution in [3.63, 3.8) is 0 Å². The van der Waals surface area contributed by atoms with Gasteiger partial charge in [0.2, 0.25) is 5.91 Å². The molecule has 0 aromatic carbocycles. The van der Waals surface area contributed by atoms with Crippen LogP contribution in [0.25, 0.3) is 0 Å². The molecule has 2 aliphatic carbocycles. The molecule has 1 aliphatic heterocycles. The molecule has 3 aliphatic rings. The van der Waals surface area contributed by atoms with Crippen molar-refractivity contribution >= 4 is 17.2 Å². The van der Waals surface area contributed by atoms with Crippen LogP contribution in [0.15, 0.2) is 17.5 Å². The summed E-state index contributed by atoms with van der Waals surface area (Å²) in [4.78, 5) is 16.2. The van der Waals surface area contributed by atoms with Crippen molar-refractivity contribution in [2.24, 2.45) is 5.41 Å². The Hall–Kier alpha value is -0.870. The van der Waals surface area contributed by atoms with Gasteiger partial charge in [0, 0.05) is 11.4 Å². The molecule has 1 amide bonds. The highest BCUT2D eigenvalue weighted by molar-refractivity contribution is 7.10. The lowest BCUT2D eigenvalue weighted by atomic mass is 9.88. The monoisotopic (exact) mass is 290 g/mol. The lowest BCUT2D eigenvalue weighted by Crippen LogP contribution is -2.39. The van der Waals surface area contributed by atoms with E-state index in [1.807, 2.05) is 0 Å². The molecule has 1 N–H and O–H groups in total. The molecule has 20 heavy (non-hydrogen) atoms. The molecule has 3 fully saturated rings. The molecule has 108 valence electrons. The van der Waals surface area contributed by atoms with Crippen LogP contribution in [0.4, 0.5) is 0 Å². The van der Waals surface area contributed by atoms with Crippen molar-refractivity contribution < 1.29 is 4.79 Å². The molecule has 1 atom stereocenters. The second kappa shape index (κ2) is 4.31. The van der Waals surface area contributed by atoms with Crippen molar-refractivity contribution in [2.45, 2.75) is 57.2 Å². The van der Waals surface area contributed by atoms with Crippen LogP contribution in [0.5, 0.6) is 0 Å². The fraction of sp³-hybridized carbons (Fsp3) is 0.688. The SMILES string of the molecule is CC1(CN2C(=O)C3(CC3)NC2c2cccs2)CCCC1. The van der Waals surface area contributed by atoms with Crippen LogP contribution in [0.1, 0.15) is 56.5 Å². The first-order valence-corrected chi connectivity index (χ1v) is 8.62. The highest BCUT2D eigenvalue weighted by Gasteiger charge is 2.60. The Kier molecular flexibility index (Phi) is 2.77. The highest BCUT2D eigenvalue weighted by atomic mass is 32.1. The largest absolute Gasteiger partial charge is 0.320 e. The van der Waals surface area contributed by atoms with Gasteiger partial charge in [0.15, 0.2) is 0 Å². The molecule has 4 rings (SSSR count). The third-order valence-corrected chi connectivity index (χ3v) is 6.25. The number of carbonyl (C=O) groups excluding carboxylic acids is 1.